The van der Waals surface area contributed by atoms with Crippen LogP contribution in [-0.2, 0) is 4.79 Å². The van der Waals surface area contributed by atoms with Gasteiger partial charge in [0.15, 0.2) is 0 Å². The summed E-state index contributed by atoms with van der Waals surface area (Å²) in [6.45, 7) is 4.12. The minimum atomic E-state index is -0.438. The average Bonchev–Trinajstić information content (AvgIpc) is 2.28. The van der Waals surface area contributed by atoms with E-state index in [0.717, 1.165) is 0 Å². The molecule has 6 heteroatoms. The first-order valence-corrected chi connectivity index (χ1v) is 5.56. The molecule has 1 rings (SSSR count). The summed E-state index contributed by atoms with van der Waals surface area (Å²) in [5.41, 5.74) is 0.399. The van der Waals surface area contributed by atoms with E-state index in [4.69, 9.17) is 16.9 Å². The molecular formula is C11H13ClN4O. The number of carbonyl (C=O) groups excluding carboxylic acids is 1. The van der Waals surface area contributed by atoms with Gasteiger partial charge in [-0.2, -0.15) is 5.26 Å². The summed E-state index contributed by atoms with van der Waals surface area (Å²) < 4.78 is 0. The molecule has 5 nitrogen and oxygen atoms in total. The fraction of sp³-hybridized carbons (Fsp3) is 0.364. The summed E-state index contributed by atoms with van der Waals surface area (Å²) in [5.74, 6) is 0.278. The number of amides is 1. The quantitative estimate of drug-likeness (QED) is 0.797. The lowest BCUT2D eigenvalue weighted by molar-refractivity contribution is -0.121. The lowest BCUT2D eigenvalue weighted by Gasteiger charge is -2.14. The Kier molecular flexibility index (Phi) is 4.73. The Labute approximate surface area is 105 Å². The van der Waals surface area contributed by atoms with Gasteiger partial charge in [0.2, 0.25) is 5.91 Å². The summed E-state index contributed by atoms with van der Waals surface area (Å²) in [5, 5.41) is 14.6. The summed E-state index contributed by atoms with van der Waals surface area (Å²) in [7, 11) is 0. The van der Waals surface area contributed by atoms with Crippen molar-refractivity contribution in [2.45, 2.75) is 19.9 Å². The van der Waals surface area contributed by atoms with Crippen LogP contribution < -0.4 is 10.6 Å². The molecule has 0 radical (unpaired) electrons. The van der Waals surface area contributed by atoms with Crippen LogP contribution in [0.5, 0.6) is 0 Å². The molecule has 1 aromatic heterocycles. The van der Waals surface area contributed by atoms with Crippen LogP contribution in [0.25, 0.3) is 0 Å². The van der Waals surface area contributed by atoms with Gasteiger partial charge < -0.3 is 10.6 Å². The second-order valence-electron chi connectivity index (χ2n) is 3.44. The van der Waals surface area contributed by atoms with E-state index < -0.39 is 6.04 Å². The molecule has 0 aromatic carbocycles. The van der Waals surface area contributed by atoms with E-state index in [0.29, 0.717) is 17.9 Å². The molecule has 0 saturated heterocycles. The number of rotatable bonds is 4. The van der Waals surface area contributed by atoms with Crippen LogP contribution in [0, 0.1) is 11.3 Å². The maximum Gasteiger partial charge on any atom is 0.242 e. The molecule has 1 heterocycles. The zero-order chi connectivity index (χ0) is 12.8. The third-order valence-electron chi connectivity index (χ3n) is 2.03. The van der Waals surface area contributed by atoms with Crippen molar-refractivity contribution in [1.82, 2.24) is 10.3 Å². The molecular weight excluding hydrogens is 240 g/mol. The molecule has 17 heavy (non-hydrogen) atoms. The standard InChI is InChI=1S/C11H13ClN4O/c1-3-14-11(17)7(2)15-10-5-8(6-13)4-9(12)16-10/h4-5,7H,3H2,1-2H3,(H,14,17)(H,15,16). The fourth-order valence-electron chi connectivity index (χ4n) is 1.25. The van der Waals surface area contributed by atoms with Gasteiger partial charge in [0.25, 0.3) is 0 Å². The lowest BCUT2D eigenvalue weighted by Crippen LogP contribution is -2.37. The highest BCUT2D eigenvalue weighted by Gasteiger charge is 2.12. The van der Waals surface area contributed by atoms with E-state index in [1.165, 1.54) is 6.07 Å². The normalized spacial score (nSPS) is 11.4. The van der Waals surface area contributed by atoms with Crippen molar-refractivity contribution in [2.24, 2.45) is 0 Å². The van der Waals surface area contributed by atoms with Gasteiger partial charge in [-0.15, -0.1) is 0 Å². The minimum Gasteiger partial charge on any atom is -0.359 e. The van der Waals surface area contributed by atoms with Crippen molar-refractivity contribution in [3.63, 3.8) is 0 Å². The van der Waals surface area contributed by atoms with Crippen molar-refractivity contribution in [3.05, 3.63) is 22.8 Å². The van der Waals surface area contributed by atoms with Crippen LogP contribution in [0.1, 0.15) is 19.4 Å². The number of halogens is 1. The second-order valence-corrected chi connectivity index (χ2v) is 3.82. The molecule has 2 N–H and O–H groups in total. The molecule has 90 valence electrons. The molecule has 1 aromatic rings. The van der Waals surface area contributed by atoms with Crippen molar-refractivity contribution < 1.29 is 4.79 Å². The smallest absolute Gasteiger partial charge is 0.242 e. The zero-order valence-corrected chi connectivity index (χ0v) is 10.4. The molecule has 1 atom stereocenters. The van der Waals surface area contributed by atoms with Crippen LogP contribution in [0.4, 0.5) is 5.82 Å². The van der Waals surface area contributed by atoms with Crippen molar-refractivity contribution in [3.8, 4) is 6.07 Å². The number of likely N-dealkylation sites (N-methyl/N-ethyl adjacent to an activating group) is 1. The molecule has 1 unspecified atom stereocenters. The summed E-state index contributed by atoms with van der Waals surface area (Å²) in [6, 6.07) is 4.54. The summed E-state index contributed by atoms with van der Waals surface area (Å²) in [6.07, 6.45) is 0. The molecule has 1 amide bonds. The maximum atomic E-state index is 11.5. The molecule has 0 saturated carbocycles. The van der Waals surface area contributed by atoms with Crippen LogP contribution in [0.3, 0.4) is 0 Å². The predicted octanol–water partition coefficient (Wildman–Crippen LogP) is 1.54. The minimum absolute atomic E-state index is 0.132. The Bertz CT molecular complexity index is 455. The summed E-state index contributed by atoms with van der Waals surface area (Å²) in [4.78, 5) is 15.5. The van der Waals surface area contributed by atoms with Gasteiger partial charge in [-0.25, -0.2) is 4.98 Å². The number of nitrogens with zero attached hydrogens (tertiary/aromatic N) is 2. The number of aromatic nitrogens is 1. The van der Waals surface area contributed by atoms with E-state index in [2.05, 4.69) is 15.6 Å². The first-order valence-electron chi connectivity index (χ1n) is 5.18. The Morgan fingerprint density at radius 1 is 1.65 bits per heavy atom. The number of nitrogens with one attached hydrogen (secondary N) is 2. The Morgan fingerprint density at radius 2 is 2.35 bits per heavy atom. The number of carbonyl (C=O) groups is 1. The highest BCUT2D eigenvalue weighted by Crippen LogP contribution is 2.14. The average molecular weight is 253 g/mol. The van der Waals surface area contributed by atoms with Crippen molar-refractivity contribution >= 4 is 23.3 Å². The molecule has 0 aliphatic heterocycles. The molecule has 0 aliphatic rings. The predicted molar refractivity (Wildman–Crippen MR) is 65.7 cm³/mol. The van der Waals surface area contributed by atoms with E-state index in [9.17, 15) is 4.79 Å². The van der Waals surface area contributed by atoms with Crippen LogP contribution in [0.15, 0.2) is 12.1 Å². The monoisotopic (exact) mass is 252 g/mol. The van der Waals surface area contributed by atoms with E-state index in [1.807, 2.05) is 13.0 Å². The topological polar surface area (TPSA) is 77.8 Å². The third-order valence-corrected chi connectivity index (χ3v) is 2.23. The van der Waals surface area contributed by atoms with Gasteiger partial charge in [-0.05, 0) is 26.0 Å². The summed E-state index contributed by atoms with van der Waals surface area (Å²) >= 11 is 5.75. The maximum absolute atomic E-state index is 11.5. The van der Waals surface area contributed by atoms with Gasteiger partial charge in [0.1, 0.15) is 17.0 Å². The number of pyridine rings is 1. The van der Waals surface area contributed by atoms with Gasteiger partial charge >= 0.3 is 0 Å². The number of anilines is 1. The fourth-order valence-corrected chi connectivity index (χ4v) is 1.46. The first-order chi connectivity index (χ1) is 8.06. The largest absolute Gasteiger partial charge is 0.359 e. The molecule has 0 spiro atoms. The Balaban J connectivity index is 2.78. The molecule has 0 aliphatic carbocycles. The van der Waals surface area contributed by atoms with Crippen molar-refractivity contribution in [1.29, 1.82) is 5.26 Å². The van der Waals surface area contributed by atoms with Crippen LogP contribution in [-0.4, -0.2) is 23.5 Å². The third kappa shape index (κ3) is 3.93. The highest BCUT2D eigenvalue weighted by atomic mass is 35.5. The van der Waals surface area contributed by atoms with Crippen molar-refractivity contribution in [2.75, 3.05) is 11.9 Å². The molecule has 0 fully saturated rings. The van der Waals surface area contributed by atoms with Gasteiger partial charge in [-0.3, -0.25) is 4.79 Å². The first kappa shape index (κ1) is 13.3. The number of hydrogen-bond acceptors (Lipinski definition) is 4. The number of nitriles is 1. The van der Waals surface area contributed by atoms with Gasteiger partial charge in [0.05, 0.1) is 11.6 Å². The van der Waals surface area contributed by atoms with Crippen LogP contribution >= 0.6 is 11.6 Å². The van der Waals surface area contributed by atoms with E-state index in [1.54, 1.807) is 13.0 Å². The van der Waals surface area contributed by atoms with E-state index in [-0.39, 0.29) is 11.1 Å². The Hall–Kier alpha value is -1.80. The second kappa shape index (κ2) is 6.06. The zero-order valence-electron chi connectivity index (χ0n) is 9.62. The lowest BCUT2D eigenvalue weighted by atomic mass is 10.2. The number of hydrogen-bond donors (Lipinski definition) is 2. The Morgan fingerprint density at radius 3 is 2.94 bits per heavy atom. The van der Waals surface area contributed by atoms with Crippen LogP contribution in [0.2, 0.25) is 5.15 Å². The highest BCUT2D eigenvalue weighted by molar-refractivity contribution is 6.29. The SMILES string of the molecule is CCNC(=O)C(C)Nc1cc(C#N)cc(Cl)n1. The van der Waals surface area contributed by atoms with Gasteiger partial charge in [-0.1, -0.05) is 11.6 Å². The van der Waals surface area contributed by atoms with Gasteiger partial charge in [0, 0.05) is 6.54 Å². The molecule has 0 bridgehead atoms. The van der Waals surface area contributed by atoms with E-state index >= 15 is 0 Å².